The Hall–Kier alpha value is -1.17. The average molecular weight is 285 g/mol. The second-order valence-electron chi connectivity index (χ2n) is 5.57. The number of hydrogen-bond acceptors (Lipinski definition) is 3. The van der Waals surface area contributed by atoms with E-state index in [2.05, 4.69) is 5.32 Å². The highest BCUT2D eigenvalue weighted by atomic mass is 32.1. The highest BCUT2D eigenvalue weighted by molar-refractivity contribution is 7.80. The third kappa shape index (κ3) is 3.89. The van der Waals surface area contributed by atoms with Crippen LogP contribution in [0.15, 0.2) is 0 Å². The Morgan fingerprint density at radius 1 is 1.26 bits per heavy atom. The Bertz CT molecular complexity index is 376. The monoisotopic (exact) mass is 285 g/mol. The smallest absolute Gasteiger partial charge is 0.244 e. The van der Waals surface area contributed by atoms with Gasteiger partial charge in [-0.1, -0.05) is 12.2 Å². The van der Waals surface area contributed by atoms with E-state index < -0.39 is 11.5 Å². The SMILES string of the molecule is CC(NC(=O)C(C)(C)C(N)=S)C(=O)N1CCCCC1. The van der Waals surface area contributed by atoms with Crippen molar-refractivity contribution in [3.63, 3.8) is 0 Å². The summed E-state index contributed by atoms with van der Waals surface area (Å²) in [5.74, 6) is -0.343. The van der Waals surface area contributed by atoms with Crippen molar-refractivity contribution in [1.29, 1.82) is 0 Å². The van der Waals surface area contributed by atoms with E-state index in [1.165, 1.54) is 6.42 Å². The van der Waals surface area contributed by atoms with Crippen molar-refractivity contribution in [2.45, 2.75) is 46.1 Å². The fourth-order valence-electron chi connectivity index (χ4n) is 1.94. The Kier molecular flexibility index (Phi) is 5.29. The second kappa shape index (κ2) is 6.32. The molecule has 1 aliphatic rings. The van der Waals surface area contributed by atoms with Crippen molar-refractivity contribution in [3.8, 4) is 0 Å². The fraction of sp³-hybridized carbons (Fsp3) is 0.769. The first-order valence-corrected chi connectivity index (χ1v) is 7.07. The highest BCUT2D eigenvalue weighted by Crippen LogP contribution is 2.16. The molecule has 1 heterocycles. The average Bonchev–Trinajstić information content (AvgIpc) is 2.38. The number of carbonyl (C=O) groups excluding carboxylic acids is 2. The van der Waals surface area contributed by atoms with Gasteiger partial charge in [-0.15, -0.1) is 0 Å². The van der Waals surface area contributed by atoms with E-state index in [0.29, 0.717) is 0 Å². The molecule has 0 spiro atoms. The van der Waals surface area contributed by atoms with E-state index >= 15 is 0 Å². The molecule has 6 heteroatoms. The third-order valence-corrected chi connectivity index (χ3v) is 4.08. The van der Waals surface area contributed by atoms with Crippen molar-refractivity contribution < 1.29 is 9.59 Å². The Labute approximate surface area is 119 Å². The van der Waals surface area contributed by atoms with Gasteiger partial charge >= 0.3 is 0 Å². The molecule has 1 atom stereocenters. The number of piperidine rings is 1. The van der Waals surface area contributed by atoms with E-state index in [4.69, 9.17) is 18.0 Å². The quantitative estimate of drug-likeness (QED) is 0.750. The summed E-state index contributed by atoms with van der Waals surface area (Å²) in [7, 11) is 0. The van der Waals surface area contributed by atoms with Gasteiger partial charge in [0.15, 0.2) is 0 Å². The van der Waals surface area contributed by atoms with Crippen molar-refractivity contribution in [2.75, 3.05) is 13.1 Å². The van der Waals surface area contributed by atoms with E-state index in [1.807, 2.05) is 4.90 Å². The number of nitrogens with zero attached hydrogens (tertiary/aromatic N) is 1. The van der Waals surface area contributed by atoms with Crippen LogP contribution in [0, 0.1) is 5.41 Å². The summed E-state index contributed by atoms with van der Waals surface area (Å²) in [5.41, 5.74) is 4.60. The topological polar surface area (TPSA) is 75.4 Å². The zero-order chi connectivity index (χ0) is 14.6. The normalized spacial score (nSPS) is 17.7. The molecule has 0 bridgehead atoms. The van der Waals surface area contributed by atoms with Gasteiger partial charge in [0.2, 0.25) is 11.8 Å². The van der Waals surface area contributed by atoms with E-state index in [0.717, 1.165) is 25.9 Å². The molecule has 1 saturated heterocycles. The lowest BCUT2D eigenvalue weighted by Gasteiger charge is -2.31. The van der Waals surface area contributed by atoms with Crippen LogP contribution in [0.5, 0.6) is 0 Å². The van der Waals surface area contributed by atoms with Crippen molar-refractivity contribution in [2.24, 2.45) is 11.1 Å². The Morgan fingerprint density at radius 2 is 1.79 bits per heavy atom. The first kappa shape index (κ1) is 15.9. The predicted octanol–water partition coefficient (Wildman–Crippen LogP) is 0.816. The van der Waals surface area contributed by atoms with Gasteiger partial charge in [0.05, 0.1) is 10.4 Å². The summed E-state index contributed by atoms with van der Waals surface area (Å²) in [6.07, 6.45) is 3.23. The zero-order valence-electron chi connectivity index (χ0n) is 11.9. The van der Waals surface area contributed by atoms with Crippen LogP contribution in [0.2, 0.25) is 0 Å². The molecule has 1 unspecified atom stereocenters. The molecular weight excluding hydrogens is 262 g/mol. The molecule has 0 aromatic rings. The number of thiocarbonyl (C=S) groups is 1. The van der Waals surface area contributed by atoms with Crippen molar-refractivity contribution in [3.05, 3.63) is 0 Å². The van der Waals surface area contributed by atoms with Gasteiger partial charge < -0.3 is 16.0 Å². The number of likely N-dealkylation sites (tertiary alicyclic amines) is 1. The van der Waals surface area contributed by atoms with E-state index in [9.17, 15) is 9.59 Å². The lowest BCUT2D eigenvalue weighted by molar-refractivity contribution is -0.138. The maximum atomic E-state index is 12.2. The van der Waals surface area contributed by atoms with Crippen LogP contribution < -0.4 is 11.1 Å². The lowest BCUT2D eigenvalue weighted by atomic mass is 9.92. The summed E-state index contributed by atoms with van der Waals surface area (Å²) < 4.78 is 0. The van der Waals surface area contributed by atoms with Crippen LogP contribution in [-0.4, -0.2) is 40.8 Å². The molecule has 5 nitrogen and oxygen atoms in total. The molecule has 0 aliphatic carbocycles. The van der Waals surface area contributed by atoms with E-state index in [1.54, 1.807) is 20.8 Å². The van der Waals surface area contributed by atoms with Crippen LogP contribution >= 0.6 is 12.2 Å². The first-order chi connectivity index (χ1) is 8.76. The third-order valence-electron chi connectivity index (χ3n) is 3.57. The molecule has 0 aromatic heterocycles. The molecule has 108 valence electrons. The van der Waals surface area contributed by atoms with Crippen LogP contribution in [0.4, 0.5) is 0 Å². The van der Waals surface area contributed by atoms with Gasteiger partial charge in [-0.2, -0.15) is 0 Å². The molecule has 19 heavy (non-hydrogen) atoms. The summed E-state index contributed by atoms with van der Waals surface area (Å²) in [6.45, 7) is 6.56. The van der Waals surface area contributed by atoms with Gasteiger partial charge in [0.1, 0.15) is 6.04 Å². The molecule has 1 aliphatic heterocycles. The number of nitrogens with two attached hydrogens (primary N) is 1. The number of carbonyl (C=O) groups is 2. The minimum atomic E-state index is -0.939. The van der Waals surface area contributed by atoms with Gasteiger partial charge in [0.25, 0.3) is 0 Å². The zero-order valence-corrected chi connectivity index (χ0v) is 12.7. The molecule has 2 amide bonds. The van der Waals surface area contributed by atoms with E-state index in [-0.39, 0.29) is 16.8 Å². The predicted molar refractivity (Wildman–Crippen MR) is 78.6 cm³/mol. The van der Waals surface area contributed by atoms with Gasteiger partial charge in [0, 0.05) is 13.1 Å². The lowest BCUT2D eigenvalue weighted by Crippen LogP contribution is -2.53. The molecule has 0 radical (unpaired) electrons. The largest absolute Gasteiger partial charge is 0.392 e. The Balaban J connectivity index is 2.58. The van der Waals surface area contributed by atoms with Gasteiger partial charge in [-0.3, -0.25) is 9.59 Å². The number of hydrogen-bond donors (Lipinski definition) is 2. The van der Waals surface area contributed by atoms with Crippen LogP contribution in [0.25, 0.3) is 0 Å². The molecule has 3 N–H and O–H groups in total. The maximum absolute atomic E-state index is 12.2. The standard InChI is InChI=1S/C13H23N3O2S/c1-9(10(17)16-7-5-4-6-8-16)15-12(18)13(2,3)11(14)19/h9H,4-8H2,1-3H3,(H2,14,19)(H,15,18). The summed E-state index contributed by atoms with van der Waals surface area (Å²) in [5, 5.41) is 2.70. The fourth-order valence-corrected chi connectivity index (χ4v) is 2.03. The second-order valence-corrected chi connectivity index (χ2v) is 6.01. The minimum Gasteiger partial charge on any atom is -0.392 e. The van der Waals surface area contributed by atoms with Crippen molar-refractivity contribution in [1.82, 2.24) is 10.2 Å². The molecule has 0 aromatic carbocycles. The molecule has 0 saturated carbocycles. The summed E-state index contributed by atoms with van der Waals surface area (Å²) in [6, 6.07) is -0.542. The minimum absolute atomic E-state index is 0.0354. The van der Waals surface area contributed by atoms with Crippen LogP contribution in [0.3, 0.4) is 0 Å². The number of amides is 2. The molecular formula is C13H23N3O2S. The van der Waals surface area contributed by atoms with Gasteiger partial charge in [-0.25, -0.2) is 0 Å². The first-order valence-electron chi connectivity index (χ1n) is 6.66. The number of nitrogens with one attached hydrogen (secondary N) is 1. The Morgan fingerprint density at radius 3 is 2.26 bits per heavy atom. The van der Waals surface area contributed by atoms with Crippen LogP contribution in [-0.2, 0) is 9.59 Å². The highest BCUT2D eigenvalue weighted by Gasteiger charge is 2.33. The van der Waals surface area contributed by atoms with Crippen molar-refractivity contribution >= 4 is 29.0 Å². The summed E-state index contributed by atoms with van der Waals surface area (Å²) in [4.78, 5) is 26.2. The summed E-state index contributed by atoms with van der Waals surface area (Å²) >= 11 is 4.87. The molecule has 1 fully saturated rings. The van der Waals surface area contributed by atoms with Gasteiger partial charge in [-0.05, 0) is 40.0 Å². The van der Waals surface area contributed by atoms with Crippen LogP contribution in [0.1, 0.15) is 40.0 Å². The maximum Gasteiger partial charge on any atom is 0.244 e. The molecule has 1 rings (SSSR count). The number of rotatable bonds is 4.